The molecular formula is C13H16O. The molecule has 0 saturated heterocycles. The molecule has 0 saturated carbocycles. The fraction of sp³-hybridized carbons (Fsp3) is 0.385. The Labute approximate surface area is 85.1 Å². The van der Waals surface area contributed by atoms with Gasteiger partial charge in [-0.1, -0.05) is 29.8 Å². The number of aryl methyl sites for hydroxylation is 1. The molecule has 2 rings (SSSR count). The van der Waals surface area contributed by atoms with Gasteiger partial charge in [0.25, 0.3) is 0 Å². The Hall–Kier alpha value is -1.24. The van der Waals surface area contributed by atoms with Gasteiger partial charge in [0, 0.05) is 11.5 Å². The van der Waals surface area contributed by atoms with Crippen LogP contribution < -0.4 is 0 Å². The first-order chi connectivity index (χ1) is 6.77. The lowest BCUT2D eigenvalue weighted by Crippen LogP contribution is -1.99. The maximum atomic E-state index is 9.75. The third-order valence-corrected chi connectivity index (χ3v) is 2.84. The molecule has 1 aliphatic carbocycles. The lowest BCUT2D eigenvalue weighted by Gasteiger charge is -2.18. The van der Waals surface area contributed by atoms with Gasteiger partial charge in [-0.3, -0.25) is 0 Å². The van der Waals surface area contributed by atoms with Crippen molar-refractivity contribution in [1.29, 1.82) is 0 Å². The normalized spacial score (nSPS) is 21.1. The average molecular weight is 188 g/mol. The molecule has 0 aromatic heterocycles. The minimum Gasteiger partial charge on any atom is -0.508 e. The van der Waals surface area contributed by atoms with E-state index in [4.69, 9.17) is 0 Å². The molecule has 1 unspecified atom stereocenters. The lowest BCUT2D eigenvalue weighted by atomic mass is 9.88. The molecule has 0 aliphatic heterocycles. The average Bonchev–Trinajstić information content (AvgIpc) is 2.23. The monoisotopic (exact) mass is 188 g/mol. The molecule has 0 fully saturated rings. The predicted molar refractivity (Wildman–Crippen MR) is 58.6 cm³/mol. The van der Waals surface area contributed by atoms with Crippen molar-refractivity contribution < 1.29 is 5.11 Å². The minimum atomic E-state index is 0.420. The summed E-state index contributed by atoms with van der Waals surface area (Å²) in [6.07, 6.45) is 8.01. The van der Waals surface area contributed by atoms with E-state index in [1.165, 1.54) is 18.4 Å². The van der Waals surface area contributed by atoms with Crippen molar-refractivity contribution in [2.75, 3.05) is 0 Å². The summed E-state index contributed by atoms with van der Waals surface area (Å²) in [5.41, 5.74) is 2.30. The molecule has 1 aliphatic rings. The van der Waals surface area contributed by atoms with E-state index in [-0.39, 0.29) is 0 Å². The fourth-order valence-electron chi connectivity index (χ4n) is 2.04. The SMILES string of the molecule is Cc1ccc(O)c(C2C=CCCC2)c1. The van der Waals surface area contributed by atoms with E-state index in [1.807, 2.05) is 6.07 Å². The standard InChI is InChI=1S/C13H16O/c1-10-7-8-13(14)12(9-10)11-5-3-2-4-6-11/h3,5,7-9,11,14H,2,4,6H2,1H3. The Bertz CT molecular complexity index is 352. The predicted octanol–water partition coefficient (Wildman–Crippen LogP) is 3.52. The van der Waals surface area contributed by atoms with Crippen LogP contribution in [0, 0.1) is 6.92 Å². The highest BCUT2D eigenvalue weighted by molar-refractivity contribution is 5.40. The summed E-state index contributed by atoms with van der Waals surface area (Å²) in [5, 5.41) is 9.75. The summed E-state index contributed by atoms with van der Waals surface area (Å²) >= 11 is 0. The van der Waals surface area contributed by atoms with Crippen LogP contribution in [0.15, 0.2) is 30.4 Å². The first-order valence-corrected chi connectivity index (χ1v) is 5.23. The van der Waals surface area contributed by atoms with Crippen molar-refractivity contribution >= 4 is 0 Å². The molecule has 1 N–H and O–H groups in total. The topological polar surface area (TPSA) is 20.2 Å². The van der Waals surface area contributed by atoms with Crippen LogP contribution in [0.1, 0.15) is 36.3 Å². The second-order valence-electron chi connectivity index (χ2n) is 4.03. The van der Waals surface area contributed by atoms with Crippen LogP contribution in [0.4, 0.5) is 0 Å². The number of hydrogen-bond acceptors (Lipinski definition) is 1. The van der Waals surface area contributed by atoms with Gasteiger partial charge in [0.2, 0.25) is 0 Å². The van der Waals surface area contributed by atoms with Crippen molar-refractivity contribution in [1.82, 2.24) is 0 Å². The second kappa shape index (κ2) is 3.87. The third kappa shape index (κ3) is 1.82. The van der Waals surface area contributed by atoms with Gasteiger partial charge in [-0.2, -0.15) is 0 Å². The van der Waals surface area contributed by atoms with E-state index >= 15 is 0 Å². The number of hydrogen-bond donors (Lipinski definition) is 1. The Morgan fingerprint density at radius 2 is 2.21 bits per heavy atom. The zero-order valence-corrected chi connectivity index (χ0v) is 8.53. The molecule has 1 heteroatoms. The van der Waals surface area contributed by atoms with Gasteiger partial charge in [-0.05, 0) is 32.3 Å². The first kappa shape index (κ1) is 9.32. The third-order valence-electron chi connectivity index (χ3n) is 2.84. The van der Waals surface area contributed by atoms with E-state index in [0.717, 1.165) is 12.0 Å². The molecule has 1 aromatic carbocycles. The summed E-state index contributed by atoms with van der Waals surface area (Å²) in [6, 6.07) is 5.84. The van der Waals surface area contributed by atoms with Crippen LogP contribution in [0.5, 0.6) is 5.75 Å². The number of allylic oxidation sites excluding steroid dienone is 2. The van der Waals surface area contributed by atoms with Crippen molar-refractivity contribution in [3.8, 4) is 5.75 Å². The maximum Gasteiger partial charge on any atom is 0.119 e. The number of phenols is 1. The Morgan fingerprint density at radius 1 is 1.36 bits per heavy atom. The van der Waals surface area contributed by atoms with E-state index in [1.54, 1.807) is 6.07 Å². The van der Waals surface area contributed by atoms with E-state index in [2.05, 4.69) is 25.1 Å². The van der Waals surface area contributed by atoms with Gasteiger partial charge in [0.15, 0.2) is 0 Å². The fourth-order valence-corrected chi connectivity index (χ4v) is 2.04. The molecule has 14 heavy (non-hydrogen) atoms. The molecule has 74 valence electrons. The number of phenolic OH excluding ortho intramolecular Hbond substituents is 1. The largest absolute Gasteiger partial charge is 0.508 e. The van der Waals surface area contributed by atoms with Crippen LogP contribution in [0.25, 0.3) is 0 Å². The smallest absolute Gasteiger partial charge is 0.119 e. The molecular weight excluding hydrogens is 172 g/mol. The first-order valence-electron chi connectivity index (χ1n) is 5.23. The molecule has 0 spiro atoms. The highest BCUT2D eigenvalue weighted by Crippen LogP contribution is 2.33. The number of rotatable bonds is 1. The van der Waals surface area contributed by atoms with Crippen LogP contribution in [0.3, 0.4) is 0 Å². The molecule has 0 bridgehead atoms. The van der Waals surface area contributed by atoms with Crippen LogP contribution >= 0.6 is 0 Å². The minimum absolute atomic E-state index is 0.420. The highest BCUT2D eigenvalue weighted by atomic mass is 16.3. The Kier molecular flexibility index (Phi) is 2.58. The summed E-state index contributed by atoms with van der Waals surface area (Å²) < 4.78 is 0. The lowest BCUT2D eigenvalue weighted by molar-refractivity contribution is 0.461. The van der Waals surface area contributed by atoms with Gasteiger partial charge in [0.1, 0.15) is 5.75 Å². The Morgan fingerprint density at radius 3 is 2.93 bits per heavy atom. The number of aromatic hydroxyl groups is 1. The maximum absolute atomic E-state index is 9.75. The Balaban J connectivity index is 2.34. The van der Waals surface area contributed by atoms with Crippen LogP contribution in [-0.4, -0.2) is 5.11 Å². The summed E-state index contributed by atoms with van der Waals surface area (Å²) in [7, 11) is 0. The second-order valence-corrected chi connectivity index (χ2v) is 4.03. The quantitative estimate of drug-likeness (QED) is 0.668. The van der Waals surface area contributed by atoms with Gasteiger partial charge >= 0.3 is 0 Å². The van der Waals surface area contributed by atoms with Gasteiger partial charge in [0.05, 0.1) is 0 Å². The molecule has 0 radical (unpaired) electrons. The molecule has 0 amide bonds. The zero-order chi connectivity index (χ0) is 9.97. The molecule has 1 nitrogen and oxygen atoms in total. The van der Waals surface area contributed by atoms with Crippen molar-refractivity contribution in [2.24, 2.45) is 0 Å². The highest BCUT2D eigenvalue weighted by Gasteiger charge is 2.14. The van der Waals surface area contributed by atoms with Gasteiger partial charge in [-0.15, -0.1) is 0 Å². The summed E-state index contributed by atoms with van der Waals surface area (Å²) in [4.78, 5) is 0. The van der Waals surface area contributed by atoms with Crippen LogP contribution in [0.2, 0.25) is 0 Å². The zero-order valence-electron chi connectivity index (χ0n) is 8.53. The molecule has 1 aromatic rings. The molecule has 1 atom stereocenters. The van der Waals surface area contributed by atoms with E-state index < -0.39 is 0 Å². The summed E-state index contributed by atoms with van der Waals surface area (Å²) in [6.45, 7) is 2.06. The number of benzene rings is 1. The van der Waals surface area contributed by atoms with E-state index in [0.29, 0.717) is 11.7 Å². The van der Waals surface area contributed by atoms with Gasteiger partial charge in [-0.25, -0.2) is 0 Å². The molecule has 0 heterocycles. The van der Waals surface area contributed by atoms with Crippen molar-refractivity contribution in [3.05, 3.63) is 41.5 Å². The van der Waals surface area contributed by atoms with Crippen molar-refractivity contribution in [3.63, 3.8) is 0 Å². The van der Waals surface area contributed by atoms with Crippen molar-refractivity contribution in [2.45, 2.75) is 32.1 Å². The van der Waals surface area contributed by atoms with Crippen LogP contribution in [-0.2, 0) is 0 Å². The summed E-state index contributed by atoms with van der Waals surface area (Å²) in [5.74, 6) is 0.857. The van der Waals surface area contributed by atoms with E-state index in [9.17, 15) is 5.11 Å². The van der Waals surface area contributed by atoms with Gasteiger partial charge < -0.3 is 5.11 Å².